The minimum absolute atomic E-state index is 0.876. The van der Waals surface area contributed by atoms with Gasteiger partial charge in [-0.1, -0.05) is 121 Å². The molecule has 0 aliphatic heterocycles. The molecule has 0 spiro atoms. The third-order valence-corrected chi connectivity index (χ3v) is 8.06. The van der Waals surface area contributed by atoms with Gasteiger partial charge in [0.1, 0.15) is 11.2 Å². The third-order valence-electron chi connectivity index (χ3n) is 8.06. The Hall–Kier alpha value is -5.60. The van der Waals surface area contributed by atoms with Crippen molar-refractivity contribution >= 4 is 49.8 Å². The highest BCUT2D eigenvalue weighted by molar-refractivity contribution is 6.06. The van der Waals surface area contributed by atoms with Gasteiger partial charge in [0.25, 0.3) is 0 Å². The zero-order chi connectivity index (χ0) is 27.9. The summed E-state index contributed by atoms with van der Waals surface area (Å²) in [7, 11) is 0. The molecule has 0 saturated heterocycles. The molecule has 0 bridgehead atoms. The molecule has 42 heavy (non-hydrogen) atoms. The van der Waals surface area contributed by atoms with Crippen LogP contribution in [-0.4, -0.2) is 0 Å². The third kappa shape index (κ3) is 4.13. The predicted octanol–water partition coefficient (Wildman–Crippen LogP) is 11.5. The maximum Gasteiger partial charge on any atom is 0.137 e. The second kappa shape index (κ2) is 10.1. The van der Waals surface area contributed by atoms with Crippen LogP contribution in [0.1, 0.15) is 0 Å². The van der Waals surface area contributed by atoms with Crippen molar-refractivity contribution in [1.82, 2.24) is 0 Å². The van der Waals surface area contributed by atoms with Crippen LogP contribution in [0.4, 0.5) is 17.1 Å². The van der Waals surface area contributed by atoms with Gasteiger partial charge in [-0.05, 0) is 63.9 Å². The first kappa shape index (κ1) is 24.2. The van der Waals surface area contributed by atoms with Gasteiger partial charge in [-0.3, -0.25) is 0 Å². The lowest BCUT2D eigenvalue weighted by Crippen LogP contribution is -2.11. The van der Waals surface area contributed by atoms with E-state index in [1.54, 1.807) is 0 Å². The minimum Gasteiger partial charge on any atom is -0.456 e. The van der Waals surface area contributed by atoms with E-state index in [-0.39, 0.29) is 0 Å². The molecule has 8 rings (SSSR count). The van der Waals surface area contributed by atoms with Crippen LogP contribution in [0.15, 0.2) is 168 Å². The Morgan fingerprint density at radius 1 is 0.381 bits per heavy atom. The quantitative estimate of drug-likeness (QED) is 0.217. The van der Waals surface area contributed by atoms with E-state index in [0.717, 1.165) is 44.6 Å². The van der Waals surface area contributed by atoms with Crippen molar-refractivity contribution in [3.05, 3.63) is 164 Å². The highest BCUT2D eigenvalue weighted by Crippen LogP contribution is 2.44. The minimum atomic E-state index is 0.876. The summed E-state index contributed by atoms with van der Waals surface area (Å²) in [5.74, 6) is 0. The Bertz CT molecular complexity index is 2190. The maximum absolute atomic E-state index is 6.34. The Balaban J connectivity index is 1.40. The number of furan rings is 1. The molecule has 0 radical (unpaired) electrons. The first-order valence-electron chi connectivity index (χ1n) is 14.3. The Morgan fingerprint density at radius 2 is 1.07 bits per heavy atom. The summed E-state index contributed by atoms with van der Waals surface area (Å²) >= 11 is 0. The van der Waals surface area contributed by atoms with Crippen LogP contribution in [0.2, 0.25) is 0 Å². The lowest BCUT2D eigenvalue weighted by atomic mass is 9.94. The zero-order valence-corrected chi connectivity index (χ0v) is 22.9. The van der Waals surface area contributed by atoms with E-state index in [2.05, 4.69) is 157 Å². The summed E-state index contributed by atoms with van der Waals surface area (Å²) in [6, 6.07) is 58.0. The van der Waals surface area contributed by atoms with E-state index in [0.29, 0.717) is 0 Å². The fraction of sp³-hybridized carbons (Fsp3) is 0. The molecule has 0 aliphatic rings. The van der Waals surface area contributed by atoms with Crippen LogP contribution in [0.5, 0.6) is 0 Å². The number of nitrogens with zero attached hydrogens (tertiary/aromatic N) is 1. The van der Waals surface area contributed by atoms with Crippen molar-refractivity contribution in [3.8, 4) is 22.3 Å². The van der Waals surface area contributed by atoms with Gasteiger partial charge in [0.15, 0.2) is 0 Å². The van der Waals surface area contributed by atoms with E-state index < -0.39 is 0 Å². The Morgan fingerprint density at radius 3 is 1.93 bits per heavy atom. The first-order valence-corrected chi connectivity index (χ1v) is 14.3. The van der Waals surface area contributed by atoms with Crippen molar-refractivity contribution < 1.29 is 4.42 Å². The normalized spacial score (nSPS) is 11.3. The standard InChI is InChI=1S/C40H27NO/c1-3-12-29(13-4-1)35-24-22-30(34-20-11-15-28-14-7-8-18-33(28)34)26-38(35)41(31-16-5-2-6-17-31)32-23-25-37-36-19-9-10-21-39(36)42-40(37)27-32/h1-27H. The van der Waals surface area contributed by atoms with E-state index in [1.807, 2.05) is 12.1 Å². The molecule has 7 aromatic carbocycles. The molecule has 0 atom stereocenters. The van der Waals surface area contributed by atoms with E-state index >= 15 is 0 Å². The fourth-order valence-corrected chi connectivity index (χ4v) is 6.08. The summed E-state index contributed by atoms with van der Waals surface area (Å²) < 4.78 is 6.34. The van der Waals surface area contributed by atoms with Crippen molar-refractivity contribution in [2.45, 2.75) is 0 Å². The maximum atomic E-state index is 6.34. The molecule has 0 N–H and O–H groups in total. The molecule has 1 heterocycles. The highest BCUT2D eigenvalue weighted by atomic mass is 16.3. The first-order chi connectivity index (χ1) is 20.8. The molecule has 0 saturated carbocycles. The molecule has 0 amide bonds. The van der Waals surface area contributed by atoms with Gasteiger partial charge in [-0.25, -0.2) is 0 Å². The molecule has 0 aliphatic carbocycles. The smallest absolute Gasteiger partial charge is 0.137 e. The number of hydrogen-bond donors (Lipinski definition) is 0. The number of anilines is 3. The molecule has 2 nitrogen and oxygen atoms in total. The Kier molecular flexibility index (Phi) is 5.82. The number of rotatable bonds is 5. The van der Waals surface area contributed by atoms with Crippen LogP contribution in [0, 0.1) is 0 Å². The molecular formula is C40H27NO. The van der Waals surface area contributed by atoms with Crippen LogP contribution in [0.25, 0.3) is 55.0 Å². The topological polar surface area (TPSA) is 16.4 Å². The molecule has 0 fully saturated rings. The van der Waals surface area contributed by atoms with Crippen molar-refractivity contribution in [1.29, 1.82) is 0 Å². The van der Waals surface area contributed by atoms with Crippen LogP contribution >= 0.6 is 0 Å². The molecule has 0 unspecified atom stereocenters. The average molecular weight is 538 g/mol. The van der Waals surface area contributed by atoms with Gasteiger partial charge in [0, 0.05) is 33.8 Å². The van der Waals surface area contributed by atoms with Crippen LogP contribution in [0.3, 0.4) is 0 Å². The number of fused-ring (bicyclic) bond motifs is 4. The second-order valence-electron chi connectivity index (χ2n) is 10.6. The monoisotopic (exact) mass is 537 g/mol. The summed E-state index contributed by atoms with van der Waals surface area (Å²) in [6.45, 7) is 0. The van der Waals surface area contributed by atoms with Crippen molar-refractivity contribution in [2.24, 2.45) is 0 Å². The summed E-state index contributed by atoms with van der Waals surface area (Å²) in [5, 5.41) is 4.73. The molecule has 8 aromatic rings. The number of hydrogen-bond acceptors (Lipinski definition) is 2. The SMILES string of the molecule is c1ccc(-c2ccc(-c3cccc4ccccc34)cc2N(c2ccccc2)c2ccc3c(c2)oc2ccccc23)cc1. The van der Waals surface area contributed by atoms with E-state index in [4.69, 9.17) is 4.42 Å². The van der Waals surface area contributed by atoms with Gasteiger partial charge in [0.2, 0.25) is 0 Å². The molecule has 198 valence electrons. The van der Waals surface area contributed by atoms with E-state index in [1.165, 1.54) is 27.5 Å². The molecular weight excluding hydrogens is 510 g/mol. The fourth-order valence-electron chi connectivity index (χ4n) is 6.08. The van der Waals surface area contributed by atoms with Gasteiger partial charge in [-0.15, -0.1) is 0 Å². The van der Waals surface area contributed by atoms with Gasteiger partial charge in [0.05, 0.1) is 5.69 Å². The predicted molar refractivity (Wildman–Crippen MR) is 177 cm³/mol. The zero-order valence-electron chi connectivity index (χ0n) is 22.9. The van der Waals surface area contributed by atoms with Crippen LogP contribution in [-0.2, 0) is 0 Å². The van der Waals surface area contributed by atoms with Crippen molar-refractivity contribution in [2.75, 3.05) is 4.90 Å². The lowest BCUT2D eigenvalue weighted by Gasteiger charge is -2.28. The number of para-hydroxylation sites is 2. The summed E-state index contributed by atoms with van der Waals surface area (Å²) in [6.07, 6.45) is 0. The van der Waals surface area contributed by atoms with Crippen molar-refractivity contribution in [3.63, 3.8) is 0 Å². The average Bonchev–Trinajstić information content (AvgIpc) is 3.43. The summed E-state index contributed by atoms with van der Waals surface area (Å²) in [4.78, 5) is 2.35. The van der Waals surface area contributed by atoms with Gasteiger partial charge < -0.3 is 9.32 Å². The van der Waals surface area contributed by atoms with Gasteiger partial charge in [-0.2, -0.15) is 0 Å². The largest absolute Gasteiger partial charge is 0.456 e. The van der Waals surface area contributed by atoms with Gasteiger partial charge >= 0.3 is 0 Å². The Labute approximate surface area is 244 Å². The summed E-state index contributed by atoms with van der Waals surface area (Å²) in [5.41, 5.74) is 9.73. The lowest BCUT2D eigenvalue weighted by molar-refractivity contribution is 0.669. The highest BCUT2D eigenvalue weighted by Gasteiger charge is 2.20. The van der Waals surface area contributed by atoms with Crippen LogP contribution < -0.4 is 4.90 Å². The number of benzene rings is 7. The molecule has 1 aromatic heterocycles. The van der Waals surface area contributed by atoms with E-state index in [9.17, 15) is 0 Å². The second-order valence-corrected chi connectivity index (χ2v) is 10.6. The molecule has 2 heteroatoms.